The van der Waals surface area contributed by atoms with Gasteiger partial charge in [0.25, 0.3) is 0 Å². The van der Waals surface area contributed by atoms with Gasteiger partial charge in [0.15, 0.2) is 5.82 Å². The number of carbonyl (C=O) groups is 1. The van der Waals surface area contributed by atoms with Gasteiger partial charge >= 0.3 is 6.09 Å². The number of nitrogens with one attached hydrogen (secondary N) is 2. The number of carbonyl (C=O) groups excluding carboxylic acids is 1. The second kappa shape index (κ2) is 8.78. The van der Waals surface area contributed by atoms with Gasteiger partial charge in [0.1, 0.15) is 11.4 Å². The van der Waals surface area contributed by atoms with Gasteiger partial charge in [0.05, 0.1) is 6.20 Å². The molecule has 0 radical (unpaired) electrons. The maximum atomic E-state index is 12.5. The zero-order chi connectivity index (χ0) is 23.7. The van der Waals surface area contributed by atoms with E-state index in [9.17, 15) is 4.79 Å². The molecule has 2 aliphatic rings. The Labute approximate surface area is 198 Å². The Bertz CT molecular complexity index is 1220. The highest BCUT2D eigenvalue weighted by Crippen LogP contribution is 2.34. The zero-order valence-electron chi connectivity index (χ0n) is 19.5. The molecule has 3 heterocycles. The molecule has 2 unspecified atom stereocenters. The van der Waals surface area contributed by atoms with Gasteiger partial charge < -0.3 is 15.0 Å². The molecule has 1 aliphatic carbocycles. The first-order valence-electron chi connectivity index (χ1n) is 11.4. The molecule has 1 aromatic carbocycles. The lowest BCUT2D eigenvalue weighted by atomic mass is 9.88. The van der Waals surface area contributed by atoms with E-state index in [0.717, 1.165) is 28.2 Å². The normalized spacial score (nSPS) is 19.5. The first kappa shape index (κ1) is 21.9. The Morgan fingerprint density at radius 3 is 2.65 bits per heavy atom. The van der Waals surface area contributed by atoms with Crippen LogP contribution in [-0.2, 0) is 4.74 Å². The Balaban J connectivity index is 1.27. The average Bonchev–Trinajstić information content (AvgIpc) is 3.48. The smallest absolute Gasteiger partial charge is 0.410 e. The predicted octanol–water partition coefficient (Wildman–Crippen LogP) is 5.05. The fourth-order valence-corrected chi connectivity index (χ4v) is 4.24. The lowest BCUT2D eigenvalue weighted by molar-refractivity contribution is 0.0288. The van der Waals surface area contributed by atoms with Crippen molar-refractivity contribution in [3.63, 3.8) is 0 Å². The van der Waals surface area contributed by atoms with Crippen LogP contribution in [0.4, 0.5) is 16.3 Å². The minimum atomic E-state index is -0.497. The van der Waals surface area contributed by atoms with Crippen molar-refractivity contribution in [1.29, 1.82) is 0 Å². The van der Waals surface area contributed by atoms with Gasteiger partial charge in [-0.15, -0.1) is 0 Å². The number of ether oxygens (including phenoxy) is 1. The lowest BCUT2D eigenvalue weighted by Crippen LogP contribution is -2.35. The predicted molar refractivity (Wildman–Crippen MR) is 131 cm³/mol. The third-order valence-electron chi connectivity index (χ3n) is 5.88. The van der Waals surface area contributed by atoms with Crippen molar-refractivity contribution in [3.05, 3.63) is 73.0 Å². The monoisotopic (exact) mass is 456 g/mol. The van der Waals surface area contributed by atoms with Gasteiger partial charge in [-0.1, -0.05) is 30.4 Å². The number of benzene rings is 1. The van der Waals surface area contributed by atoms with E-state index >= 15 is 0 Å². The molecule has 0 bridgehead atoms. The van der Waals surface area contributed by atoms with Crippen LogP contribution in [0.25, 0.3) is 16.7 Å². The molecule has 2 atom stereocenters. The third-order valence-corrected chi connectivity index (χ3v) is 5.88. The number of hydrogen-bond acceptors (Lipinski definition) is 6. The Kier molecular flexibility index (Phi) is 5.65. The summed E-state index contributed by atoms with van der Waals surface area (Å²) in [5.41, 5.74) is 3.54. The van der Waals surface area contributed by atoms with Crippen LogP contribution in [0.5, 0.6) is 0 Å². The van der Waals surface area contributed by atoms with E-state index in [1.54, 1.807) is 17.3 Å². The fourth-order valence-electron chi connectivity index (χ4n) is 4.24. The van der Waals surface area contributed by atoms with Crippen LogP contribution in [0, 0.1) is 11.8 Å². The minimum Gasteiger partial charge on any atom is -0.444 e. The van der Waals surface area contributed by atoms with Crippen LogP contribution in [-0.4, -0.2) is 49.8 Å². The summed E-state index contributed by atoms with van der Waals surface area (Å²) in [5, 5.41) is 10.2. The molecule has 1 aliphatic heterocycles. The quantitative estimate of drug-likeness (QED) is 0.571. The van der Waals surface area contributed by atoms with Crippen molar-refractivity contribution in [3.8, 4) is 11.1 Å². The molecule has 1 amide bonds. The molecule has 8 nitrogen and oxygen atoms in total. The zero-order valence-corrected chi connectivity index (χ0v) is 19.5. The molecule has 3 aromatic rings. The third kappa shape index (κ3) is 4.85. The summed E-state index contributed by atoms with van der Waals surface area (Å²) in [6.45, 7) is 6.96. The summed E-state index contributed by atoms with van der Waals surface area (Å²) in [7, 11) is 0. The van der Waals surface area contributed by atoms with Gasteiger partial charge in [0, 0.05) is 54.1 Å². The first-order valence-corrected chi connectivity index (χ1v) is 11.4. The molecule has 8 heteroatoms. The molecule has 2 aromatic heterocycles. The molecule has 34 heavy (non-hydrogen) atoms. The Morgan fingerprint density at radius 1 is 1.12 bits per heavy atom. The number of rotatable bonds is 4. The number of fused-ring (bicyclic) bond motifs is 1. The number of hydrogen-bond donors (Lipinski definition) is 2. The Hall–Kier alpha value is -3.94. The topological polar surface area (TPSA) is 96.0 Å². The standard InChI is InChI=1S/C26H28N6O2/c1-26(2,3)34-25(33)32-15-19-5-4-18(12-20(19)16-32)24-27-11-10-23(31-24)30-22-8-6-17(7-9-22)21-13-28-29-14-21/h4-14,19-20H,15-16H2,1-3H3,(H,28,29)(H,27,30,31). The van der Waals surface area contributed by atoms with Gasteiger partial charge in [0.2, 0.25) is 0 Å². The summed E-state index contributed by atoms with van der Waals surface area (Å²) in [6.07, 6.45) is 11.5. The summed E-state index contributed by atoms with van der Waals surface area (Å²) in [5.74, 6) is 1.89. The minimum absolute atomic E-state index is 0.225. The van der Waals surface area contributed by atoms with Gasteiger partial charge in [-0.25, -0.2) is 14.8 Å². The van der Waals surface area contributed by atoms with Crippen LogP contribution < -0.4 is 5.32 Å². The number of anilines is 2. The van der Waals surface area contributed by atoms with Crippen molar-refractivity contribution in [2.75, 3.05) is 18.4 Å². The van der Waals surface area contributed by atoms with Gasteiger partial charge in [-0.2, -0.15) is 5.10 Å². The van der Waals surface area contributed by atoms with Crippen LogP contribution in [0.15, 0.2) is 67.2 Å². The summed E-state index contributed by atoms with van der Waals surface area (Å²) in [6, 6.07) is 9.95. The van der Waals surface area contributed by atoms with E-state index < -0.39 is 5.60 Å². The Morgan fingerprint density at radius 2 is 1.91 bits per heavy atom. The molecule has 5 rings (SSSR count). The van der Waals surface area contributed by atoms with Crippen LogP contribution >= 0.6 is 0 Å². The van der Waals surface area contributed by atoms with E-state index in [-0.39, 0.29) is 17.9 Å². The highest BCUT2D eigenvalue weighted by molar-refractivity contribution is 5.74. The lowest BCUT2D eigenvalue weighted by Gasteiger charge is -2.24. The summed E-state index contributed by atoms with van der Waals surface area (Å²) < 4.78 is 5.54. The van der Waals surface area contributed by atoms with E-state index in [0.29, 0.717) is 18.9 Å². The molecule has 2 N–H and O–H groups in total. The van der Waals surface area contributed by atoms with Crippen molar-refractivity contribution >= 4 is 23.2 Å². The van der Waals surface area contributed by atoms with E-state index in [1.165, 1.54) is 0 Å². The number of allylic oxidation sites excluding steroid dienone is 2. The number of amides is 1. The van der Waals surface area contributed by atoms with E-state index in [2.05, 4.69) is 38.7 Å². The summed E-state index contributed by atoms with van der Waals surface area (Å²) in [4.78, 5) is 23.5. The molecule has 1 saturated heterocycles. The maximum absolute atomic E-state index is 12.5. The maximum Gasteiger partial charge on any atom is 0.410 e. The van der Waals surface area contributed by atoms with Crippen molar-refractivity contribution in [2.24, 2.45) is 11.8 Å². The van der Waals surface area contributed by atoms with Crippen molar-refractivity contribution in [1.82, 2.24) is 25.1 Å². The number of aromatic amines is 1. The summed E-state index contributed by atoms with van der Waals surface area (Å²) >= 11 is 0. The van der Waals surface area contributed by atoms with Crippen LogP contribution in [0.2, 0.25) is 0 Å². The average molecular weight is 457 g/mol. The highest BCUT2D eigenvalue weighted by Gasteiger charge is 2.36. The number of H-pyrrole nitrogens is 1. The number of likely N-dealkylation sites (tertiary alicyclic amines) is 1. The molecule has 0 saturated carbocycles. The SMILES string of the molecule is CC(C)(C)OC(=O)N1CC2C=CC(c3nccc(Nc4ccc(-c5cn[nH]c5)cc4)n3)=CC2C1. The van der Waals surface area contributed by atoms with E-state index in [4.69, 9.17) is 9.72 Å². The van der Waals surface area contributed by atoms with Crippen molar-refractivity contribution < 1.29 is 9.53 Å². The van der Waals surface area contributed by atoms with Crippen LogP contribution in [0.3, 0.4) is 0 Å². The van der Waals surface area contributed by atoms with E-state index in [1.807, 2.05) is 57.3 Å². The molecular weight excluding hydrogens is 428 g/mol. The molecule has 174 valence electrons. The van der Waals surface area contributed by atoms with Crippen molar-refractivity contribution in [2.45, 2.75) is 26.4 Å². The van der Waals surface area contributed by atoms with Crippen LogP contribution in [0.1, 0.15) is 26.6 Å². The molecule has 0 spiro atoms. The number of aromatic nitrogens is 4. The first-order chi connectivity index (χ1) is 16.3. The molecular formula is C26H28N6O2. The number of nitrogens with zero attached hydrogens (tertiary/aromatic N) is 4. The van der Waals surface area contributed by atoms with Gasteiger partial charge in [-0.05, 0) is 44.5 Å². The molecule has 1 fully saturated rings. The highest BCUT2D eigenvalue weighted by atomic mass is 16.6. The largest absolute Gasteiger partial charge is 0.444 e. The second-order valence-corrected chi connectivity index (χ2v) is 9.65. The second-order valence-electron chi connectivity index (χ2n) is 9.65. The fraction of sp³-hybridized carbons (Fsp3) is 0.308. The van der Waals surface area contributed by atoms with Gasteiger partial charge in [-0.3, -0.25) is 5.10 Å².